The zero-order valence-corrected chi connectivity index (χ0v) is 18.7. The molecule has 0 aromatic heterocycles. The van der Waals surface area contributed by atoms with E-state index in [9.17, 15) is 4.79 Å². The first-order valence-electron chi connectivity index (χ1n) is 10.8. The molecule has 0 fully saturated rings. The van der Waals surface area contributed by atoms with Gasteiger partial charge in [-0.2, -0.15) is 0 Å². The van der Waals surface area contributed by atoms with Gasteiger partial charge in [0.1, 0.15) is 0 Å². The number of hydrogen-bond donors (Lipinski definition) is 0. The summed E-state index contributed by atoms with van der Waals surface area (Å²) in [5.41, 5.74) is 3.36. The highest BCUT2D eigenvalue weighted by molar-refractivity contribution is 6.08. The fourth-order valence-electron chi connectivity index (χ4n) is 4.59. The Morgan fingerprint density at radius 1 is 1.26 bits per heavy atom. The van der Waals surface area contributed by atoms with Crippen LogP contribution in [0.5, 0.6) is 0 Å². The van der Waals surface area contributed by atoms with Gasteiger partial charge in [0, 0.05) is 17.8 Å². The van der Waals surface area contributed by atoms with Gasteiger partial charge < -0.3 is 4.90 Å². The van der Waals surface area contributed by atoms with E-state index in [1.54, 1.807) is 0 Å². The predicted octanol–water partition coefficient (Wildman–Crippen LogP) is 6.85. The Bertz CT molecular complexity index is 593. The normalized spacial score (nSPS) is 24.0. The molecule has 0 amide bonds. The molecular weight excluding hydrogens is 330 g/mol. The molecule has 1 aliphatic carbocycles. The lowest BCUT2D eigenvalue weighted by molar-refractivity contribution is -0.112. The molecule has 3 atom stereocenters. The van der Waals surface area contributed by atoms with Crippen LogP contribution < -0.4 is 0 Å². The second-order valence-electron chi connectivity index (χ2n) is 8.26. The third-order valence-electron chi connectivity index (χ3n) is 5.60. The summed E-state index contributed by atoms with van der Waals surface area (Å²) in [7, 11) is 0. The van der Waals surface area contributed by atoms with Crippen LogP contribution in [0.25, 0.3) is 0 Å². The summed E-state index contributed by atoms with van der Waals surface area (Å²) in [6, 6.07) is 0.842. The largest absolute Gasteiger partial charge is 0.369 e. The van der Waals surface area contributed by atoms with Crippen LogP contribution in [-0.4, -0.2) is 22.8 Å². The van der Waals surface area contributed by atoms with Crippen LogP contribution in [0.3, 0.4) is 0 Å². The molecule has 0 heterocycles. The summed E-state index contributed by atoms with van der Waals surface area (Å²) in [6.45, 7) is 19.4. The van der Waals surface area contributed by atoms with Gasteiger partial charge in [0.15, 0.2) is 5.78 Å². The molecule has 2 nitrogen and oxygen atoms in total. The lowest BCUT2D eigenvalue weighted by Crippen LogP contribution is -2.48. The highest BCUT2D eigenvalue weighted by Crippen LogP contribution is 2.37. The van der Waals surface area contributed by atoms with E-state index in [-0.39, 0.29) is 5.78 Å². The smallest absolute Gasteiger partial charge is 0.184 e. The van der Waals surface area contributed by atoms with E-state index in [4.69, 9.17) is 0 Å². The van der Waals surface area contributed by atoms with Crippen molar-refractivity contribution >= 4 is 5.78 Å². The highest BCUT2D eigenvalue weighted by atomic mass is 16.1. The number of Topliss-reactive ketones (excluding diaryl/α,β-unsaturated/α-hetero) is 1. The first-order chi connectivity index (χ1) is 12.8. The van der Waals surface area contributed by atoms with Gasteiger partial charge in [-0.05, 0) is 69.1 Å². The van der Waals surface area contributed by atoms with Crippen molar-refractivity contribution in [2.24, 2.45) is 11.8 Å². The number of hydrogen-bond acceptors (Lipinski definition) is 2. The molecule has 0 aliphatic heterocycles. The molecule has 27 heavy (non-hydrogen) atoms. The summed E-state index contributed by atoms with van der Waals surface area (Å²) in [6.07, 6.45) is 13.3. The standard InChI is InChI=1S/C25H41NO/c1-9-13-21(12-4)25(27)22-16-19(7)24(20(8)17-22)26(18(5)6)23(14-10-2)15-11-3/h10,12,14,16,18-20,24H,2,9,11,13,15,17H2,1,3-8H3/b21-12+,23-14+/t19-,20-,24?/m0/s1. The molecule has 0 saturated carbocycles. The lowest BCUT2D eigenvalue weighted by atomic mass is 9.76. The van der Waals surface area contributed by atoms with E-state index in [0.717, 1.165) is 43.3 Å². The molecule has 0 N–H and O–H groups in total. The van der Waals surface area contributed by atoms with Gasteiger partial charge in [-0.1, -0.05) is 65.3 Å². The van der Waals surface area contributed by atoms with Gasteiger partial charge in [-0.3, -0.25) is 4.79 Å². The minimum atomic E-state index is 0.267. The molecule has 0 aromatic carbocycles. The fraction of sp³-hybridized carbons (Fsp3) is 0.640. The second-order valence-corrected chi connectivity index (χ2v) is 8.26. The SMILES string of the molecule is C=C/C=C(\CCC)N(C(C)C)C1[C@@H](C)C=C(C(=O)/C(=C/C)CCC)C[C@@H]1C. The van der Waals surface area contributed by atoms with E-state index in [0.29, 0.717) is 23.9 Å². The molecule has 0 bridgehead atoms. The van der Waals surface area contributed by atoms with Gasteiger partial charge in [0.25, 0.3) is 0 Å². The lowest BCUT2D eigenvalue weighted by Gasteiger charge is -2.46. The van der Waals surface area contributed by atoms with Gasteiger partial charge in [0.05, 0.1) is 0 Å². The minimum absolute atomic E-state index is 0.267. The second kappa shape index (κ2) is 11.3. The predicted molar refractivity (Wildman–Crippen MR) is 119 cm³/mol. The van der Waals surface area contributed by atoms with E-state index in [1.807, 2.05) is 19.1 Å². The number of carbonyl (C=O) groups is 1. The van der Waals surface area contributed by atoms with Crippen LogP contribution in [-0.2, 0) is 4.79 Å². The third-order valence-corrected chi connectivity index (χ3v) is 5.60. The monoisotopic (exact) mass is 371 g/mol. The molecule has 152 valence electrons. The summed E-state index contributed by atoms with van der Waals surface area (Å²) in [5.74, 6) is 1.05. The average molecular weight is 372 g/mol. The summed E-state index contributed by atoms with van der Waals surface area (Å²) in [5, 5.41) is 0. The molecule has 0 aromatic rings. The van der Waals surface area contributed by atoms with Crippen LogP contribution in [0.1, 0.15) is 80.6 Å². The zero-order valence-electron chi connectivity index (χ0n) is 18.7. The van der Waals surface area contributed by atoms with Gasteiger partial charge in [-0.15, -0.1) is 0 Å². The minimum Gasteiger partial charge on any atom is -0.369 e. The van der Waals surface area contributed by atoms with Gasteiger partial charge in [0.2, 0.25) is 0 Å². The van der Waals surface area contributed by atoms with Gasteiger partial charge >= 0.3 is 0 Å². The topological polar surface area (TPSA) is 20.3 Å². The van der Waals surface area contributed by atoms with Crippen molar-refractivity contribution < 1.29 is 4.79 Å². The molecule has 1 unspecified atom stereocenters. The van der Waals surface area contributed by atoms with Crippen molar-refractivity contribution in [3.8, 4) is 0 Å². The first-order valence-corrected chi connectivity index (χ1v) is 10.8. The van der Waals surface area contributed by atoms with Crippen LogP contribution in [0.4, 0.5) is 0 Å². The molecule has 1 rings (SSSR count). The number of nitrogens with zero attached hydrogens (tertiary/aromatic N) is 1. The number of allylic oxidation sites excluding steroid dienone is 6. The summed E-state index contributed by atoms with van der Waals surface area (Å²) in [4.78, 5) is 15.6. The quantitative estimate of drug-likeness (QED) is 0.309. The third kappa shape index (κ3) is 5.96. The van der Waals surface area contributed by atoms with E-state index in [2.05, 4.69) is 65.2 Å². The van der Waals surface area contributed by atoms with Crippen LogP contribution >= 0.6 is 0 Å². The van der Waals surface area contributed by atoms with Crippen LogP contribution in [0.15, 0.2) is 47.7 Å². The maximum atomic E-state index is 13.0. The number of ketones is 1. The van der Waals surface area contributed by atoms with E-state index >= 15 is 0 Å². The van der Waals surface area contributed by atoms with Crippen LogP contribution in [0.2, 0.25) is 0 Å². The van der Waals surface area contributed by atoms with Crippen molar-refractivity contribution in [1.82, 2.24) is 4.90 Å². The molecular formula is C25H41NO. The molecule has 1 aliphatic rings. The summed E-state index contributed by atoms with van der Waals surface area (Å²) >= 11 is 0. The van der Waals surface area contributed by atoms with Gasteiger partial charge in [-0.25, -0.2) is 0 Å². The molecule has 0 spiro atoms. The molecule has 0 radical (unpaired) electrons. The summed E-state index contributed by atoms with van der Waals surface area (Å²) < 4.78 is 0. The Morgan fingerprint density at radius 3 is 2.33 bits per heavy atom. The van der Waals surface area contributed by atoms with E-state index in [1.165, 1.54) is 5.70 Å². The van der Waals surface area contributed by atoms with Crippen molar-refractivity contribution in [2.75, 3.05) is 0 Å². The zero-order chi connectivity index (χ0) is 20.6. The maximum Gasteiger partial charge on any atom is 0.184 e. The molecule has 0 saturated heterocycles. The maximum absolute atomic E-state index is 13.0. The van der Waals surface area contributed by atoms with Crippen molar-refractivity contribution in [3.63, 3.8) is 0 Å². The molecule has 2 heteroatoms. The Hall–Kier alpha value is -1.57. The highest BCUT2D eigenvalue weighted by Gasteiger charge is 2.36. The van der Waals surface area contributed by atoms with Crippen molar-refractivity contribution in [1.29, 1.82) is 0 Å². The Kier molecular flexibility index (Phi) is 9.83. The van der Waals surface area contributed by atoms with Crippen molar-refractivity contribution in [2.45, 2.75) is 92.7 Å². The first kappa shape index (κ1) is 23.5. The average Bonchev–Trinajstić information content (AvgIpc) is 2.61. The Morgan fingerprint density at radius 2 is 1.89 bits per heavy atom. The fourth-order valence-corrected chi connectivity index (χ4v) is 4.59. The Labute approximate surface area is 168 Å². The van der Waals surface area contributed by atoms with Crippen molar-refractivity contribution in [3.05, 3.63) is 47.7 Å². The van der Waals surface area contributed by atoms with E-state index < -0.39 is 0 Å². The number of carbonyl (C=O) groups excluding carboxylic acids is 1. The van der Waals surface area contributed by atoms with Crippen LogP contribution in [0, 0.1) is 11.8 Å². The Balaban J connectivity index is 3.21. The number of rotatable bonds is 10.